The zero-order valence-corrected chi connectivity index (χ0v) is 23.0. The molecular weight excluding hydrogens is 551 g/mol. The first-order valence-electron chi connectivity index (χ1n) is 13.5. The Morgan fingerprint density at radius 1 is 0.927 bits per heavy atom. The van der Waals surface area contributed by atoms with E-state index in [1.54, 1.807) is 59.6 Å². The van der Waals surface area contributed by atoms with Gasteiger partial charge in [-0.3, -0.25) is 14.6 Å². The molecule has 1 fully saturated rings. The van der Waals surface area contributed by atoms with Crippen molar-refractivity contribution < 1.29 is 22.8 Å². The predicted molar refractivity (Wildman–Crippen MR) is 152 cm³/mol. The lowest BCUT2D eigenvalue weighted by atomic mass is 9.90. The Kier molecular flexibility index (Phi) is 8.59. The van der Waals surface area contributed by atoms with E-state index < -0.39 is 18.1 Å². The molecule has 2 heterocycles. The average Bonchev–Trinajstić information content (AvgIpc) is 2.97. The van der Waals surface area contributed by atoms with Crippen LogP contribution in [0.2, 0.25) is 5.02 Å². The second-order valence-electron chi connectivity index (χ2n) is 10.3. The molecule has 1 aromatic heterocycles. The summed E-state index contributed by atoms with van der Waals surface area (Å²) in [7, 11) is 0. The summed E-state index contributed by atoms with van der Waals surface area (Å²) in [6, 6.07) is 24.3. The van der Waals surface area contributed by atoms with Gasteiger partial charge in [0.15, 0.2) is 0 Å². The fraction of sp³-hybridized carbons (Fsp3) is 0.281. The molecule has 5 rings (SSSR count). The first-order chi connectivity index (χ1) is 19.7. The molecule has 0 bridgehead atoms. The van der Waals surface area contributed by atoms with Crippen molar-refractivity contribution in [3.05, 3.63) is 113 Å². The SMILES string of the molecule is O=C(Cc1ccc(Cl)cc1)N1CCC(N(Cc2ccnc3ccccc23)C(=O)C(F)(F)F)CC1Cc1ccccc1. The molecule has 0 N–H and O–H groups in total. The Labute approximate surface area is 241 Å². The molecule has 1 aliphatic heterocycles. The summed E-state index contributed by atoms with van der Waals surface area (Å²) in [6.07, 6.45) is -2.39. The molecule has 0 aliphatic carbocycles. The first-order valence-corrected chi connectivity index (χ1v) is 13.8. The molecule has 4 aromatic rings. The standard InChI is InChI=1S/C32H29ClF3N3O2/c33-25-12-10-23(11-13-25)19-30(40)38-17-15-26(20-27(38)18-22-6-2-1-3-7-22)39(31(41)32(34,35)36)21-24-14-16-37-29-9-5-4-8-28(24)29/h1-14,16,26-27H,15,17-21H2. The summed E-state index contributed by atoms with van der Waals surface area (Å²) < 4.78 is 41.7. The number of carbonyl (C=O) groups is 2. The maximum atomic E-state index is 13.9. The Balaban J connectivity index is 1.43. The number of alkyl halides is 3. The van der Waals surface area contributed by atoms with Crippen LogP contribution in [0, 0.1) is 0 Å². The molecule has 212 valence electrons. The van der Waals surface area contributed by atoms with Gasteiger partial charge in [0.05, 0.1) is 11.9 Å². The Morgan fingerprint density at radius 3 is 2.37 bits per heavy atom. The average molecular weight is 580 g/mol. The molecule has 3 aromatic carbocycles. The number of benzene rings is 3. The number of amides is 2. The highest BCUT2D eigenvalue weighted by Crippen LogP contribution is 2.31. The molecule has 2 atom stereocenters. The third-order valence-electron chi connectivity index (χ3n) is 7.62. The number of pyridine rings is 1. The van der Waals surface area contributed by atoms with Crippen molar-refractivity contribution in [1.29, 1.82) is 0 Å². The van der Waals surface area contributed by atoms with Crippen molar-refractivity contribution in [3.8, 4) is 0 Å². The Hall–Kier alpha value is -3.91. The van der Waals surface area contributed by atoms with Crippen molar-refractivity contribution in [2.75, 3.05) is 6.54 Å². The molecule has 2 unspecified atom stereocenters. The van der Waals surface area contributed by atoms with Gasteiger partial charge >= 0.3 is 12.1 Å². The van der Waals surface area contributed by atoms with Crippen molar-refractivity contribution in [1.82, 2.24) is 14.8 Å². The molecule has 0 saturated carbocycles. The Bertz CT molecular complexity index is 1510. The predicted octanol–water partition coefficient (Wildman–Crippen LogP) is 6.62. The summed E-state index contributed by atoms with van der Waals surface area (Å²) in [5.41, 5.74) is 3.01. The van der Waals surface area contributed by atoms with E-state index in [2.05, 4.69) is 4.98 Å². The number of hydrogen-bond acceptors (Lipinski definition) is 3. The van der Waals surface area contributed by atoms with Gasteiger partial charge in [-0.25, -0.2) is 0 Å². The number of fused-ring (bicyclic) bond motifs is 1. The van der Waals surface area contributed by atoms with E-state index in [1.165, 1.54) is 0 Å². The summed E-state index contributed by atoms with van der Waals surface area (Å²) in [5.74, 6) is -1.98. The van der Waals surface area contributed by atoms with E-state index in [1.807, 2.05) is 36.4 Å². The number of hydrogen-bond donors (Lipinski definition) is 0. The smallest absolute Gasteiger partial charge is 0.339 e. The monoisotopic (exact) mass is 579 g/mol. The fourth-order valence-electron chi connectivity index (χ4n) is 5.61. The van der Waals surface area contributed by atoms with Gasteiger partial charge in [0, 0.05) is 41.8 Å². The highest BCUT2D eigenvalue weighted by atomic mass is 35.5. The Morgan fingerprint density at radius 2 is 1.63 bits per heavy atom. The molecule has 5 nitrogen and oxygen atoms in total. The molecule has 9 heteroatoms. The van der Waals surface area contributed by atoms with E-state index >= 15 is 0 Å². The maximum Gasteiger partial charge on any atom is 0.471 e. The van der Waals surface area contributed by atoms with Crippen LogP contribution in [-0.4, -0.2) is 51.4 Å². The highest BCUT2D eigenvalue weighted by molar-refractivity contribution is 6.30. The second-order valence-corrected chi connectivity index (χ2v) is 10.8. The molecular formula is C32H29ClF3N3O2. The van der Waals surface area contributed by atoms with Crippen LogP contribution >= 0.6 is 11.6 Å². The van der Waals surface area contributed by atoms with Gasteiger partial charge in [-0.2, -0.15) is 13.2 Å². The second kappa shape index (κ2) is 12.3. The van der Waals surface area contributed by atoms with Crippen LogP contribution in [0.4, 0.5) is 13.2 Å². The van der Waals surface area contributed by atoms with E-state index in [4.69, 9.17) is 11.6 Å². The molecule has 0 spiro atoms. The van der Waals surface area contributed by atoms with Gasteiger partial charge in [-0.1, -0.05) is 72.3 Å². The zero-order chi connectivity index (χ0) is 29.0. The number of nitrogens with zero attached hydrogens (tertiary/aromatic N) is 3. The van der Waals surface area contributed by atoms with Crippen LogP contribution in [0.1, 0.15) is 29.5 Å². The number of carbonyl (C=O) groups excluding carboxylic acids is 2. The quantitative estimate of drug-likeness (QED) is 0.247. The van der Waals surface area contributed by atoms with E-state index in [9.17, 15) is 22.8 Å². The summed E-state index contributed by atoms with van der Waals surface area (Å²) in [6.45, 7) is 0.0378. The molecule has 2 amide bonds. The maximum absolute atomic E-state index is 13.9. The van der Waals surface area contributed by atoms with Gasteiger partial charge in [0.2, 0.25) is 5.91 Å². The lowest BCUT2D eigenvalue weighted by Gasteiger charge is -2.44. The normalized spacial score (nSPS) is 17.4. The number of piperidine rings is 1. The van der Waals surface area contributed by atoms with Crippen molar-refractivity contribution in [2.45, 2.75) is 50.5 Å². The fourth-order valence-corrected chi connectivity index (χ4v) is 5.73. The van der Waals surface area contributed by atoms with Gasteiger partial charge in [0.1, 0.15) is 0 Å². The summed E-state index contributed by atoms with van der Waals surface area (Å²) in [4.78, 5) is 33.3. The lowest BCUT2D eigenvalue weighted by molar-refractivity contribution is -0.190. The van der Waals surface area contributed by atoms with E-state index in [0.717, 1.165) is 16.0 Å². The van der Waals surface area contributed by atoms with Crippen LogP contribution in [-0.2, 0) is 29.0 Å². The van der Waals surface area contributed by atoms with Crippen molar-refractivity contribution >= 4 is 34.3 Å². The molecule has 1 aliphatic rings. The lowest BCUT2D eigenvalue weighted by Crippen LogP contribution is -2.56. The molecule has 1 saturated heterocycles. The largest absolute Gasteiger partial charge is 0.471 e. The minimum absolute atomic E-state index is 0.111. The number of para-hydroxylation sites is 1. The van der Waals surface area contributed by atoms with Crippen LogP contribution in [0.3, 0.4) is 0 Å². The third kappa shape index (κ3) is 6.88. The first kappa shape index (κ1) is 28.6. The highest BCUT2D eigenvalue weighted by Gasteiger charge is 2.46. The molecule has 0 radical (unpaired) electrons. The third-order valence-corrected chi connectivity index (χ3v) is 7.87. The van der Waals surface area contributed by atoms with Gasteiger partial charge in [-0.15, -0.1) is 0 Å². The summed E-state index contributed by atoms with van der Waals surface area (Å²) >= 11 is 5.99. The van der Waals surface area contributed by atoms with Crippen molar-refractivity contribution in [3.63, 3.8) is 0 Å². The number of rotatable bonds is 7. The van der Waals surface area contributed by atoms with Gasteiger partial charge < -0.3 is 9.80 Å². The van der Waals surface area contributed by atoms with E-state index in [0.29, 0.717) is 27.9 Å². The minimum atomic E-state index is -5.03. The van der Waals surface area contributed by atoms with Crippen LogP contribution in [0.5, 0.6) is 0 Å². The summed E-state index contributed by atoms with van der Waals surface area (Å²) in [5, 5.41) is 1.27. The number of halogens is 4. The van der Waals surface area contributed by atoms with Crippen LogP contribution in [0.15, 0.2) is 91.1 Å². The number of aromatic nitrogens is 1. The van der Waals surface area contributed by atoms with Crippen LogP contribution in [0.25, 0.3) is 10.9 Å². The topological polar surface area (TPSA) is 53.5 Å². The minimum Gasteiger partial charge on any atom is -0.339 e. The molecule has 41 heavy (non-hydrogen) atoms. The zero-order valence-electron chi connectivity index (χ0n) is 22.2. The van der Waals surface area contributed by atoms with Crippen molar-refractivity contribution in [2.24, 2.45) is 0 Å². The number of likely N-dealkylation sites (tertiary alicyclic amines) is 1. The van der Waals surface area contributed by atoms with Gasteiger partial charge in [0.25, 0.3) is 0 Å². The van der Waals surface area contributed by atoms with Crippen LogP contribution < -0.4 is 0 Å². The van der Waals surface area contributed by atoms with E-state index in [-0.39, 0.29) is 44.3 Å². The van der Waals surface area contributed by atoms with Gasteiger partial charge in [-0.05, 0) is 60.2 Å².